The van der Waals surface area contributed by atoms with Crippen molar-refractivity contribution >= 4 is 21.6 Å². The first kappa shape index (κ1) is 14.0. The van der Waals surface area contributed by atoms with Gasteiger partial charge in [-0.05, 0) is 18.2 Å². The minimum atomic E-state index is -0.213. The fourth-order valence-electron chi connectivity index (χ4n) is 1.99. The number of aliphatic hydroxyl groups excluding tert-OH is 1. The summed E-state index contributed by atoms with van der Waals surface area (Å²) in [5.41, 5.74) is 2.34. The number of nitrogens with zero attached hydrogens (tertiary/aromatic N) is 1. The highest BCUT2D eigenvalue weighted by molar-refractivity contribution is 9.10. The second-order valence-electron chi connectivity index (χ2n) is 4.38. The lowest BCUT2D eigenvalue weighted by molar-refractivity contribution is 0.282. The Morgan fingerprint density at radius 1 is 1.16 bits per heavy atom. The normalized spacial score (nSPS) is 10.5. The molecule has 2 aromatic rings. The summed E-state index contributed by atoms with van der Waals surface area (Å²) in [6.07, 6.45) is 0. The Bertz CT molecular complexity index is 574. The molecule has 0 saturated heterocycles. The van der Waals surface area contributed by atoms with Gasteiger partial charge in [-0.1, -0.05) is 40.2 Å². The zero-order chi connectivity index (χ0) is 13.8. The van der Waals surface area contributed by atoms with Crippen molar-refractivity contribution < 1.29 is 9.50 Å². The van der Waals surface area contributed by atoms with Gasteiger partial charge in [0.05, 0.1) is 6.61 Å². The van der Waals surface area contributed by atoms with Gasteiger partial charge in [0.15, 0.2) is 0 Å². The molecule has 0 unspecified atom stereocenters. The Hall–Kier alpha value is -1.39. The Morgan fingerprint density at radius 3 is 2.58 bits per heavy atom. The van der Waals surface area contributed by atoms with Gasteiger partial charge in [0.25, 0.3) is 0 Å². The fourth-order valence-corrected chi connectivity index (χ4v) is 2.34. The van der Waals surface area contributed by atoms with Crippen LogP contribution in [0.25, 0.3) is 0 Å². The smallest absolute Gasteiger partial charge is 0.128 e. The van der Waals surface area contributed by atoms with Gasteiger partial charge in [0, 0.05) is 34.9 Å². The molecule has 0 saturated carbocycles. The quantitative estimate of drug-likeness (QED) is 0.927. The van der Waals surface area contributed by atoms with E-state index in [1.807, 2.05) is 36.2 Å². The molecular weight excluding hydrogens is 309 g/mol. The first-order valence-corrected chi connectivity index (χ1v) is 6.75. The van der Waals surface area contributed by atoms with E-state index in [-0.39, 0.29) is 12.4 Å². The maximum Gasteiger partial charge on any atom is 0.128 e. The van der Waals surface area contributed by atoms with Gasteiger partial charge in [-0.25, -0.2) is 4.39 Å². The van der Waals surface area contributed by atoms with Crippen LogP contribution in [0.2, 0.25) is 0 Å². The van der Waals surface area contributed by atoms with Crippen LogP contribution in [0.5, 0.6) is 0 Å². The molecule has 0 radical (unpaired) electrons. The molecule has 0 aliphatic rings. The van der Waals surface area contributed by atoms with Gasteiger partial charge in [0.2, 0.25) is 0 Å². The highest BCUT2D eigenvalue weighted by atomic mass is 79.9. The molecular formula is C15H15BrFNO. The number of aliphatic hydroxyl groups is 1. The number of halogens is 2. The summed E-state index contributed by atoms with van der Waals surface area (Å²) in [5.74, 6) is -0.213. The molecule has 100 valence electrons. The van der Waals surface area contributed by atoms with E-state index in [2.05, 4.69) is 15.9 Å². The molecule has 0 aromatic heterocycles. The second kappa shape index (κ2) is 6.17. The van der Waals surface area contributed by atoms with Crippen molar-refractivity contribution in [1.29, 1.82) is 0 Å². The second-order valence-corrected chi connectivity index (χ2v) is 5.29. The molecule has 19 heavy (non-hydrogen) atoms. The van der Waals surface area contributed by atoms with Crippen LogP contribution >= 0.6 is 15.9 Å². The molecule has 1 N–H and O–H groups in total. The highest BCUT2D eigenvalue weighted by Crippen LogP contribution is 2.26. The van der Waals surface area contributed by atoms with E-state index in [0.717, 1.165) is 15.7 Å². The van der Waals surface area contributed by atoms with Crippen LogP contribution in [0.15, 0.2) is 46.9 Å². The van der Waals surface area contributed by atoms with Gasteiger partial charge in [-0.3, -0.25) is 0 Å². The Labute approximate surface area is 120 Å². The largest absolute Gasteiger partial charge is 0.392 e. The molecule has 0 aliphatic carbocycles. The van der Waals surface area contributed by atoms with Crippen molar-refractivity contribution in [3.05, 3.63) is 63.9 Å². The molecule has 0 aliphatic heterocycles. The topological polar surface area (TPSA) is 23.5 Å². The monoisotopic (exact) mass is 323 g/mol. The van der Waals surface area contributed by atoms with Crippen LogP contribution < -0.4 is 4.90 Å². The van der Waals surface area contributed by atoms with Crippen LogP contribution in [0, 0.1) is 5.82 Å². The summed E-state index contributed by atoms with van der Waals surface area (Å²) in [7, 11) is 1.88. The number of hydrogen-bond acceptors (Lipinski definition) is 2. The van der Waals surface area contributed by atoms with Crippen LogP contribution in [0.1, 0.15) is 11.1 Å². The third-order valence-corrected chi connectivity index (χ3v) is 3.49. The van der Waals surface area contributed by atoms with E-state index >= 15 is 0 Å². The van der Waals surface area contributed by atoms with Crippen molar-refractivity contribution in [2.24, 2.45) is 0 Å². The van der Waals surface area contributed by atoms with E-state index in [9.17, 15) is 9.50 Å². The van der Waals surface area contributed by atoms with Crippen LogP contribution in [0.4, 0.5) is 10.1 Å². The van der Waals surface area contributed by atoms with Crippen LogP contribution in [0.3, 0.4) is 0 Å². The number of benzene rings is 2. The first-order valence-electron chi connectivity index (χ1n) is 5.95. The molecule has 4 heteroatoms. The van der Waals surface area contributed by atoms with E-state index in [1.165, 1.54) is 6.07 Å². The van der Waals surface area contributed by atoms with Crippen molar-refractivity contribution in [3.8, 4) is 0 Å². The molecule has 0 spiro atoms. The fraction of sp³-hybridized carbons (Fsp3) is 0.200. The Balaban J connectivity index is 2.27. The standard InChI is InChI=1S/C15H15BrFNO/c1-18(9-11-4-2-3-5-14(11)17)15-8-13(16)7-6-12(15)10-19/h2-8,19H,9-10H2,1H3. The first-order chi connectivity index (χ1) is 9.11. The lowest BCUT2D eigenvalue weighted by Crippen LogP contribution is -2.18. The van der Waals surface area contributed by atoms with Crippen molar-refractivity contribution in [1.82, 2.24) is 0 Å². The third-order valence-electron chi connectivity index (χ3n) is 2.99. The number of anilines is 1. The van der Waals surface area contributed by atoms with Gasteiger partial charge in [0.1, 0.15) is 5.82 Å². The van der Waals surface area contributed by atoms with E-state index in [4.69, 9.17) is 0 Å². The van der Waals surface area contributed by atoms with Crippen molar-refractivity contribution in [2.75, 3.05) is 11.9 Å². The summed E-state index contributed by atoms with van der Waals surface area (Å²) < 4.78 is 14.6. The number of hydrogen-bond donors (Lipinski definition) is 1. The molecule has 2 aromatic carbocycles. The maximum absolute atomic E-state index is 13.6. The summed E-state index contributed by atoms with van der Waals surface area (Å²) in [6.45, 7) is 0.417. The van der Waals surface area contributed by atoms with E-state index in [1.54, 1.807) is 12.1 Å². The Morgan fingerprint density at radius 2 is 1.89 bits per heavy atom. The van der Waals surface area contributed by atoms with Crippen LogP contribution in [-0.4, -0.2) is 12.2 Å². The zero-order valence-corrected chi connectivity index (χ0v) is 12.2. The van der Waals surface area contributed by atoms with Gasteiger partial charge in [-0.15, -0.1) is 0 Å². The molecule has 0 fully saturated rings. The average Bonchev–Trinajstić information content (AvgIpc) is 2.41. The molecule has 2 rings (SSSR count). The van der Waals surface area contributed by atoms with Gasteiger partial charge in [-0.2, -0.15) is 0 Å². The maximum atomic E-state index is 13.6. The van der Waals surface area contributed by atoms with Crippen LogP contribution in [-0.2, 0) is 13.2 Å². The molecule has 0 heterocycles. The lowest BCUT2D eigenvalue weighted by Gasteiger charge is -2.22. The molecule has 0 bridgehead atoms. The molecule has 0 atom stereocenters. The minimum absolute atomic E-state index is 0.0375. The Kier molecular flexibility index (Phi) is 4.56. The van der Waals surface area contributed by atoms with Crippen molar-refractivity contribution in [2.45, 2.75) is 13.2 Å². The predicted molar refractivity (Wildman–Crippen MR) is 78.6 cm³/mol. The SMILES string of the molecule is CN(Cc1ccccc1F)c1cc(Br)ccc1CO. The lowest BCUT2D eigenvalue weighted by atomic mass is 10.1. The highest BCUT2D eigenvalue weighted by Gasteiger charge is 2.10. The van der Waals surface area contributed by atoms with Crippen molar-refractivity contribution in [3.63, 3.8) is 0 Å². The average molecular weight is 324 g/mol. The third kappa shape index (κ3) is 3.33. The minimum Gasteiger partial charge on any atom is -0.392 e. The van der Waals surface area contributed by atoms with E-state index < -0.39 is 0 Å². The van der Waals surface area contributed by atoms with Gasteiger partial charge >= 0.3 is 0 Å². The number of rotatable bonds is 4. The summed E-state index contributed by atoms with van der Waals surface area (Å²) in [4.78, 5) is 1.93. The molecule has 0 amide bonds. The molecule has 2 nitrogen and oxygen atoms in total. The van der Waals surface area contributed by atoms with Gasteiger partial charge < -0.3 is 10.0 Å². The summed E-state index contributed by atoms with van der Waals surface area (Å²) in [6, 6.07) is 12.4. The summed E-state index contributed by atoms with van der Waals surface area (Å²) >= 11 is 3.41. The zero-order valence-electron chi connectivity index (χ0n) is 10.6. The summed E-state index contributed by atoms with van der Waals surface area (Å²) in [5, 5.41) is 9.36. The van der Waals surface area contributed by atoms with E-state index in [0.29, 0.717) is 12.1 Å². The predicted octanol–water partition coefficient (Wildman–Crippen LogP) is 3.72.